The normalized spacial score (nSPS) is 12.9. The maximum Gasteiger partial charge on any atom is 0.323 e. The van der Waals surface area contributed by atoms with E-state index in [0.29, 0.717) is 6.42 Å². The SMILES string of the molecule is [CH2]CC(Cl)C(=O)OC. The number of rotatable bonds is 2. The summed E-state index contributed by atoms with van der Waals surface area (Å²) in [6, 6.07) is 0. The van der Waals surface area contributed by atoms with E-state index in [4.69, 9.17) is 11.6 Å². The van der Waals surface area contributed by atoms with Crippen LogP contribution in [0.3, 0.4) is 0 Å². The Morgan fingerprint density at radius 1 is 2.00 bits per heavy atom. The molecule has 0 amide bonds. The zero-order chi connectivity index (χ0) is 6.57. The van der Waals surface area contributed by atoms with E-state index in [0.717, 1.165) is 0 Å². The number of halogens is 1. The van der Waals surface area contributed by atoms with Crippen molar-refractivity contribution in [3.63, 3.8) is 0 Å². The summed E-state index contributed by atoms with van der Waals surface area (Å²) in [6.07, 6.45) is 0.369. The van der Waals surface area contributed by atoms with Crippen LogP contribution >= 0.6 is 11.6 Å². The van der Waals surface area contributed by atoms with Crippen molar-refractivity contribution < 1.29 is 9.53 Å². The fourth-order valence-electron chi connectivity index (χ4n) is 0.246. The molecule has 8 heavy (non-hydrogen) atoms. The number of carbonyl (C=O) groups excluding carboxylic acids is 1. The Morgan fingerprint density at radius 3 is 2.62 bits per heavy atom. The number of esters is 1. The van der Waals surface area contributed by atoms with Gasteiger partial charge in [-0.2, -0.15) is 0 Å². The lowest BCUT2D eigenvalue weighted by atomic mass is 10.3. The lowest BCUT2D eigenvalue weighted by Gasteiger charge is -2.00. The van der Waals surface area contributed by atoms with E-state index < -0.39 is 11.3 Å². The van der Waals surface area contributed by atoms with Crippen LogP contribution in [0.4, 0.5) is 0 Å². The van der Waals surface area contributed by atoms with E-state index in [1.54, 1.807) is 0 Å². The van der Waals surface area contributed by atoms with Gasteiger partial charge >= 0.3 is 5.97 Å². The molecule has 0 aromatic rings. The maximum atomic E-state index is 10.3. The van der Waals surface area contributed by atoms with Gasteiger partial charge in [-0.15, -0.1) is 11.6 Å². The second-order valence-corrected chi connectivity index (χ2v) is 1.81. The first-order valence-electron chi connectivity index (χ1n) is 2.23. The Labute approximate surface area is 53.8 Å². The predicted molar refractivity (Wildman–Crippen MR) is 31.6 cm³/mol. The van der Waals surface area contributed by atoms with Gasteiger partial charge in [-0.1, -0.05) is 6.92 Å². The summed E-state index contributed by atoms with van der Waals surface area (Å²) >= 11 is 5.38. The maximum absolute atomic E-state index is 10.3. The minimum absolute atomic E-state index is 0.369. The van der Waals surface area contributed by atoms with Crippen molar-refractivity contribution in [1.29, 1.82) is 0 Å². The summed E-state index contributed by atoms with van der Waals surface area (Å²) in [6.45, 7) is 3.42. The van der Waals surface area contributed by atoms with E-state index in [1.165, 1.54) is 7.11 Å². The molecule has 0 fully saturated rings. The van der Waals surface area contributed by atoms with Gasteiger partial charge in [0.1, 0.15) is 5.38 Å². The van der Waals surface area contributed by atoms with Crippen LogP contribution in [0.2, 0.25) is 0 Å². The Balaban J connectivity index is 3.46. The summed E-state index contributed by atoms with van der Waals surface area (Å²) in [5.74, 6) is -0.415. The minimum atomic E-state index is -0.583. The third-order valence-corrected chi connectivity index (χ3v) is 1.11. The quantitative estimate of drug-likeness (QED) is 0.417. The van der Waals surface area contributed by atoms with Crippen LogP contribution in [0.15, 0.2) is 0 Å². The van der Waals surface area contributed by atoms with Gasteiger partial charge in [-0.25, -0.2) is 0 Å². The molecule has 0 aromatic heterocycles. The highest BCUT2D eigenvalue weighted by Gasteiger charge is 2.11. The van der Waals surface area contributed by atoms with Gasteiger partial charge in [0, 0.05) is 0 Å². The summed E-state index contributed by atoms with van der Waals surface area (Å²) < 4.78 is 4.29. The van der Waals surface area contributed by atoms with E-state index in [9.17, 15) is 4.79 Å². The molecule has 0 rings (SSSR count). The van der Waals surface area contributed by atoms with Crippen molar-refractivity contribution in [3.8, 4) is 0 Å². The molecule has 0 aromatic carbocycles. The van der Waals surface area contributed by atoms with Crippen molar-refractivity contribution in [3.05, 3.63) is 6.92 Å². The molecule has 1 unspecified atom stereocenters. The number of carbonyl (C=O) groups is 1. The first-order valence-corrected chi connectivity index (χ1v) is 2.67. The Morgan fingerprint density at radius 2 is 2.50 bits per heavy atom. The lowest BCUT2D eigenvalue weighted by molar-refractivity contribution is -0.140. The molecule has 0 aliphatic rings. The molecule has 0 aliphatic heterocycles. The molecule has 0 saturated heterocycles. The van der Waals surface area contributed by atoms with E-state index in [2.05, 4.69) is 11.7 Å². The Hall–Kier alpha value is -0.240. The average molecular weight is 136 g/mol. The van der Waals surface area contributed by atoms with Crippen molar-refractivity contribution in [2.45, 2.75) is 11.8 Å². The number of methoxy groups -OCH3 is 1. The van der Waals surface area contributed by atoms with Crippen molar-refractivity contribution in [2.24, 2.45) is 0 Å². The molecule has 3 heteroatoms. The monoisotopic (exact) mass is 135 g/mol. The summed E-state index contributed by atoms with van der Waals surface area (Å²) in [4.78, 5) is 10.3. The van der Waals surface area contributed by atoms with Gasteiger partial charge in [0.15, 0.2) is 0 Å². The fourth-order valence-corrected chi connectivity index (χ4v) is 0.335. The molecule has 2 nitrogen and oxygen atoms in total. The van der Waals surface area contributed by atoms with Gasteiger partial charge in [0.25, 0.3) is 0 Å². The highest BCUT2D eigenvalue weighted by molar-refractivity contribution is 6.29. The summed E-state index contributed by atoms with van der Waals surface area (Å²) in [7, 11) is 1.30. The topological polar surface area (TPSA) is 26.3 Å². The molecule has 0 heterocycles. The first kappa shape index (κ1) is 7.76. The summed E-state index contributed by atoms with van der Waals surface area (Å²) in [5.41, 5.74) is 0. The van der Waals surface area contributed by atoms with Crippen LogP contribution < -0.4 is 0 Å². The molecule has 0 spiro atoms. The van der Waals surface area contributed by atoms with Crippen LogP contribution in [0, 0.1) is 6.92 Å². The van der Waals surface area contributed by atoms with Crippen LogP contribution in [0.5, 0.6) is 0 Å². The van der Waals surface area contributed by atoms with Crippen molar-refractivity contribution in [2.75, 3.05) is 7.11 Å². The van der Waals surface area contributed by atoms with Crippen molar-refractivity contribution >= 4 is 17.6 Å². The summed E-state index contributed by atoms with van der Waals surface area (Å²) in [5, 5.41) is -0.583. The van der Waals surface area contributed by atoms with Crippen molar-refractivity contribution in [1.82, 2.24) is 0 Å². The smallest absolute Gasteiger partial charge is 0.323 e. The fraction of sp³-hybridized carbons (Fsp3) is 0.600. The molecular formula is C5H8ClO2. The average Bonchev–Trinajstić information content (AvgIpc) is 1.84. The van der Waals surface area contributed by atoms with E-state index in [-0.39, 0.29) is 0 Å². The third kappa shape index (κ3) is 2.17. The zero-order valence-corrected chi connectivity index (χ0v) is 5.44. The second-order valence-electron chi connectivity index (χ2n) is 1.28. The van der Waals surface area contributed by atoms with Gasteiger partial charge in [-0.3, -0.25) is 4.79 Å². The Kier molecular flexibility index (Phi) is 3.61. The molecule has 1 atom stereocenters. The van der Waals surface area contributed by atoms with Gasteiger partial charge < -0.3 is 4.74 Å². The van der Waals surface area contributed by atoms with Crippen LogP contribution in [-0.2, 0) is 9.53 Å². The highest BCUT2D eigenvalue weighted by atomic mass is 35.5. The zero-order valence-electron chi connectivity index (χ0n) is 4.69. The van der Waals surface area contributed by atoms with Crippen LogP contribution in [-0.4, -0.2) is 18.5 Å². The molecule has 0 N–H and O–H groups in total. The van der Waals surface area contributed by atoms with Gasteiger partial charge in [0.05, 0.1) is 7.11 Å². The number of ether oxygens (including phenoxy) is 1. The van der Waals surface area contributed by atoms with Crippen LogP contribution in [0.1, 0.15) is 6.42 Å². The van der Waals surface area contributed by atoms with E-state index in [1.807, 2.05) is 0 Å². The first-order chi connectivity index (χ1) is 3.72. The third-order valence-electron chi connectivity index (χ3n) is 0.710. The van der Waals surface area contributed by atoms with Gasteiger partial charge in [0.2, 0.25) is 0 Å². The largest absolute Gasteiger partial charge is 0.468 e. The van der Waals surface area contributed by atoms with Crippen LogP contribution in [0.25, 0.3) is 0 Å². The number of alkyl halides is 1. The molecule has 0 saturated carbocycles. The molecule has 1 radical (unpaired) electrons. The molecular weight excluding hydrogens is 128 g/mol. The predicted octanol–water partition coefficient (Wildman–Crippen LogP) is 0.991. The molecule has 0 aliphatic carbocycles. The standard InChI is InChI=1S/C5H8ClO2/c1-3-4(6)5(7)8-2/h4H,1,3H2,2H3. The number of hydrogen-bond acceptors (Lipinski definition) is 2. The lowest BCUT2D eigenvalue weighted by Crippen LogP contribution is -2.14. The molecule has 0 bridgehead atoms. The molecule has 47 valence electrons. The minimum Gasteiger partial charge on any atom is -0.468 e. The van der Waals surface area contributed by atoms with Gasteiger partial charge in [-0.05, 0) is 6.42 Å². The highest BCUT2D eigenvalue weighted by Crippen LogP contribution is 2.01. The Bertz CT molecular complexity index is 82.5. The second kappa shape index (κ2) is 3.72. The number of hydrogen-bond donors (Lipinski definition) is 0. The van der Waals surface area contributed by atoms with E-state index >= 15 is 0 Å².